The predicted molar refractivity (Wildman–Crippen MR) is 119 cm³/mol. The second-order valence-corrected chi connectivity index (χ2v) is 8.21. The third-order valence-electron chi connectivity index (χ3n) is 5.42. The van der Waals surface area contributed by atoms with Gasteiger partial charge in [0.15, 0.2) is 5.82 Å². The summed E-state index contributed by atoms with van der Waals surface area (Å²) in [5.74, 6) is 1.03. The molecule has 0 unspecified atom stereocenters. The molecule has 0 aliphatic carbocycles. The van der Waals surface area contributed by atoms with E-state index in [9.17, 15) is 13.2 Å². The van der Waals surface area contributed by atoms with Crippen LogP contribution in [0.2, 0.25) is 0 Å². The van der Waals surface area contributed by atoms with Crippen molar-refractivity contribution >= 4 is 0 Å². The van der Waals surface area contributed by atoms with E-state index >= 15 is 0 Å². The van der Waals surface area contributed by atoms with Crippen LogP contribution in [0.15, 0.2) is 48.7 Å². The number of rotatable bonds is 7. The van der Waals surface area contributed by atoms with Gasteiger partial charge in [0.05, 0.1) is 5.69 Å². The van der Waals surface area contributed by atoms with Crippen molar-refractivity contribution in [1.82, 2.24) is 14.9 Å². The molecule has 1 aromatic heterocycles. The molecule has 0 radical (unpaired) electrons. The molecule has 0 saturated carbocycles. The normalized spacial score (nSPS) is 14.1. The van der Waals surface area contributed by atoms with Crippen molar-refractivity contribution in [1.29, 1.82) is 0 Å². The standard InChI is InChI=1S/C25H26F3N3O2/c1-3-9-31-10-8-23-20(15-31)14-29-24(30-23)19-4-6-21(7-5-19)32-16-18-11-17(2)12-22(13-18)33-25(26,27)28/h4-7,11-14H,3,8-10,15-16H2,1-2H3. The maximum absolute atomic E-state index is 12.5. The molecule has 4 rings (SSSR count). The number of hydrogen-bond acceptors (Lipinski definition) is 5. The van der Waals surface area contributed by atoms with Crippen molar-refractivity contribution in [3.63, 3.8) is 0 Å². The average Bonchev–Trinajstić information content (AvgIpc) is 2.76. The number of alkyl halides is 3. The van der Waals surface area contributed by atoms with E-state index < -0.39 is 6.36 Å². The lowest BCUT2D eigenvalue weighted by molar-refractivity contribution is -0.274. The second-order valence-electron chi connectivity index (χ2n) is 8.21. The van der Waals surface area contributed by atoms with Gasteiger partial charge in [0.1, 0.15) is 18.1 Å². The largest absolute Gasteiger partial charge is 0.573 e. The molecule has 0 spiro atoms. The lowest BCUT2D eigenvalue weighted by atomic mass is 10.1. The smallest absolute Gasteiger partial charge is 0.489 e. The zero-order chi connectivity index (χ0) is 23.4. The second kappa shape index (κ2) is 9.79. The minimum absolute atomic E-state index is 0.124. The molecule has 1 aliphatic rings. The number of aryl methyl sites for hydroxylation is 1. The van der Waals surface area contributed by atoms with Crippen LogP contribution in [0.5, 0.6) is 11.5 Å². The number of fused-ring (bicyclic) bond motifs is 1. The molecule has 174 valence electrons. The van der Waals surface area contributed by atoms with E-state index in [-0.39, 0.29) is 12.4 Å². The summed E-state index contributed by atoms with van der Waals surface area (Å²) >= 11 is 0. The number of halogens is 3. The Labute approximate surface area is 191 Å². The highest BCUT2D eigenvalue weighted by Gasteiger charge is 2.31. The molecule has 0 bridgehead atoms. The van der Waals surface area contributed by atoms with Gasteiger partial charge in [-0.25, -0.2) is 9.97 Å². The third kappa shape index (κ3) is 6.22. The molecule has 0 atom stereocenters. The van der Waals surface area contributed by atoms with Crippen molar-refractivity contribution in [2.24, 2.45) is 0 Å². The first-order valence-corrected chi connectivity index (χ1v) is 11.0. The summed E-state index contributed by atoms with van der Waals surface area (Å²) in [5, 5.41) is 0. The van der Waals surface area contributed by atoms with Crippen LogP contribution >= 0.6 is 0 Å². The quantitative estimate of drug-likeness (QED) is 0.456. The van der Waals surface area contributed by atoms with Crippen molar-refractivity contribution in [2.75, 3.05) is 13.1 Å². The van der Waals surface area contributed by atoms with Crippen LogP contribution in [0.4, 0.5) is 13.2 Å². The summed E-state index contributed by atoms with van der Waals surface area (Å²) in [6.07, 6.45) is -0.755. The Morgan fingerprint density at radius 3 is 2.58 bits per heavy atom. The zero-order valence-electron chi connectivity index (χ0n) is 18.7. The first-order chi connectivity index (χ1) is 15.8. The summed E-state index contributed by atoms with van der Waals surface area (Å²) in [6.45, 7) is 7.01. The van der Waals surface area contributed by atoms with Gasteiger partial charge in [0.2, 0.25) is 0 Å². The Balaban J connectivity index is 1.40. The molecule has 33 heavy (non-hydrogen) atoms. The van der Waals surface area contributed by atoms with Gasteiger partial charge in [-0.3, -0.25) is 4.90 Å². The number of hydrogen-bond donors (Lipinski definition) is 0. The topological polar surface area (TPSA) is 47.5 Å². The lowest BCUT2D eigenvalue weighted by Gasteiger charge is -2.27. The summed E-state index contributed by atoms with van der Waals surface area (Å²) in [4.78, 5) is 11.7. The van der Waals surface area contributed by atoms with Crippen LogP contribution in [0.25, 0.3) is 11.4 Å². The summed E-state index contributed by atoms with van der Waals surface area (Å²) < 4.78 is 47.3. The molecule has 0 N–H and O–H groups in total. The van der Waals surface area contributed by atoms with E-state index in [0.29, 0.717) is 22.7 Å². The van der Waals surface area contributed by atoms with E-state index in [1.54, 1.807) is 13.0 Å². The molecule has 2 heterocycles. The van der Waals surface area contributed by atoms with E-state index in [1.807, 2.05) is 30.5 Å². The van der Waals surface area contributed by atoms with Gasteiger partial charge >= 0.3 is 6.36 Å². The van der Waals surface area contributed by atoms with Gasteiger partial charge < -0.3 is 9.47 Å². The van der Waals surface area contributed by atoms with E-state index in [2.05, 4.69) is 21.5 Å². The fourth-order valence-corrected chi connectivity index (χ4v) is 3.99. The minimum atomic E-state index is -4.73. The van der Waals surface area contributed by atoms with Crippen molar-refractivity contribution < 1.29 is 22.6 Å². The fourth-order valence-electron chi connectivity index (χ4n) is 3.99. The molecule has 0 saturated heterocycles. The van der Waals surface area contributed by atoms with Crippen LogP contribution in [-0.2, 0) is 19.6 Å². The Morgan fingerprint density at radius 2 is 1.85 bits per heavy atom. The van der Waals surface area contributed by atoms with Crippen molar-refractivity contribution in [3.05, 3.63) is 71.0 Å². The monoisotopic (exact) mass is 457 g/mol. The van der Waals surface area contributed by atoms with Crippen molar-refractivity contribution in [3.8, 4) is 22.9 Å². The van der Waals surface area contributed by atoms with Gasteiger partial charge in [-0.2, -0.15) is 0 Å². The van der Waals surface area contributed by atoms with Crippen LogP contribution in [-0.4, -0.2) is 34.3 Å². The Bertz CT molecular complexity index is 1100. The molecule has 1 aliphatic heterocycles. The highest BCUT2D eigenvalue weighted by Crippen LogP contribution is 2.27. The van der Waals surface area contributed by atoms with Crippen molar-refractivity contribution in [2.45, 2.75) is 46.2 Å². The Morgan fingerprint density at radius 1 is 1.06 bits per heavy atom. The number of ether oxygens (including phenoxy) is 2. The van der Waals surface area contributed by atoms with Gasteiger partial charge in [0.25, 0.3) is 0 Å². The number of nitrogens with zero attached hydrogens (tertiary/aromatic N) is 3. The van der Waals surface area contributed by atoms with E-state index in [4.69, 9.17) is 9.72 Å². The average molecular weight is 457 g/mol. The van der Waals surface area contributed by atoms with Gasteiger partial charge in [-0.05, 0) is 67.4 Å². The molecule has 3 aromatic rings. The first kappa shape index (κ1) is 23.0. The van der Waals surface area contributed by atoms with E-state index in [1.165, 1.54) is 17.7 Å². The summed E-state index contributed by atoms with van der Waals surface area (Å²) in [6, 6.07) is 11.8. The Kier molecular flexibility index (Phi) is 6.83. The number of benzene rings is 2. The molecule has 5 nitrogen and oxygen atoms in total. The maximum atomic E-state index is 12.5. The molecular weight excluding hydrogens is 431 g/mol. The maximum Gasteiger partial charge on any atom is 0.573 e. The van der Waals surface area contributed by atoms with Crippen LogP contribution < -0.4 is 9.47 Å². The highest BCUT2D eigenvalue weighted by molar-refractivity contribution is 5.56. The van der Waals surface area contributed by atoms with Crippen LogP contribution in [0.3, 0.4) is 0 Å². The minimum Gasteiger partial charge on any atom is -0.489 e. The zero-order valence-corrected chi connectivity index (χ0v) is 18.7. The van der Waals surface area contributed by atoms with Gasteiger partial charge in [-0.1, -0.05) is 13.0 Å². The first-order valence-electron chi connectivity index (χ1n) is 11.0. The molecular formula is C25H26F3N3O2. The summed E-state index contributed by atoms with van der Waals surface area (Å²) in [5.41, 5.74) is 4.42. The fraction of sp³-hybridized carbons (Fsp3) is 0.360. The van der Waals surface area contributed by atoms with Crippen LogP contribution in [0, 0.1) is 6.92 Å². The van der Waals surface area contributed by atoms with Gasteiger partial charge in [-0.15, -0.1) is 13.2 Å². The Hall–Kier alpha value is -3.13. The van der Waals surface area contributed by atoms with E-state index in [0.717, 1.165) is 43.7 Å². The predicted octanol–water partition coefficient (Wildman–Crippen LogP) is 5.70. The lowest BCUT2D eigenvalue weighted by Crippen LogP contribution is -2.31. The molecule has 2 aromatic carbocycles. The van der Waals surface area contributed by atoms with Gasteiger partial charge in [0, 0.05) is 36.8 Å². The molecule has 8 heteroatoms. The molecule has 0 amide bonds. The SMILES string of the molecule is CCCN1CCc2nc(-c3ccc(OCc4cc(C)cc(OC(F)(F)F)c4)cc3)ncc2C1. The summed E-state index contributed by atoms with van der Waals surface area (Å²) in [7, 11) is 0. The molecule has 0 fully saturated rings. The third-order valence-corrected chi connectivity index (χ3v) is 5.42. The van der Waals surface area contributed by atoms with Crippen LogP contribution in [0.1, 0.15) is 35.7 Å². The number of aromatic nitrogens is 2. The highest BCUT2D eigenvalue weighted by atomic mass is 19.4.